The minimum absolute atomic E-state index is 0.126. The van der Waals surface area contributed by atoms with Crippen LogP contribution >= 0.6 is 0 Å². The van der Waals surface area contributed by atoms with Crippen molar-refractivity contribution in [2.75, 3.05) is 13.2 Å². The van der Waals surface area contributed by atoms with Crippen LogP contribution in [0.4, 0.5) is 0 Å². The summed E-state index contributed by atoms with van der Waals surface area (Å²) in [4.78, 5) is 0. The summed E-state index contributed by atoms with van der Waals surface area (Å²) in [7, 11) is 0. The highest BCUT2D eigenvalue weighted by molar-refractivity contribution is 5.56. The van der Waals surface area contributed by atoms with Gasteiger partial charge in [0.25, 0.3) is 0 Å². The third kappa shape index (κ3) is 7.51. The Kier molecular flexibility index (Phi) is 11.1. The third-order valence-electron chi connectivity index (χ3n) is 8.33. The Labute approximate surface area is 225 Å². The molecule has 0 fully saturated rings. The predicted octanol–water partition coefficient (Wildman–Crippen LogP) is 7.50. The van der Waals surface area contributed by atoms with E-state index < -0.39 is 0 Å². The monoisotopic (exact) mass is 512 g/mol. The molecule has 2 rings (SSSR count). The molecule has 4 N–H and O–H groups in total. The molecule has 4 nitrogen and oxygen atoms in total. The van der Waals surface area contributed by atoms with Crippen molar-refractivity contribution in [1.82, 2.24) is 0 Å². The van der Waals surface area contributed by atoms with Crippen molar-refractivity contribution in [3.63, 3.8) is 0 Å². The Morgan fingerprint density at radius 2 is 1.05 bits per heavy atom. The number of hydrogen-bond acceptors (Lipinski definition) is 4. The normalized spacial score (nSPS) is 12.6. The molecule has 37 heavy (non-hydrogen) atoms. The Hall–Kier alpha value is -2.04. The maximum absolute atomic E-state index is 11.8. The fourth-order valence-corrected chi connectivity index (χ4v) is 5.13. The maximum atomic E-state index is 11.8. The number of phenolic OH excluding ortho intramolecular Hbond substituents is 2. The SMILES string of the molecule is CCC(C)(C)c1cc(CCCO)cc(C(CC(C)C)c2cc(CCCO)cc(C(C)(C)CC)c2O)c1O. The zero-order chi connectivity index (χ0) is 28.0. The molecule has 0 atom stereocenters. The molecule has 0 saturated carbocycles. The van der Waals surface area contributed by atoms with Crippen molar-refractivity contribution in [3.8, 4) is 11.5 Å². The summed E-state index contributed by atoms with van der Waals surface area (Å²) in [6, 6.07) is 8.40. The molecule has 2 aromatic carbocycles. The maximum Gasteiger partial charge on any atom is 0.123 e. The molecule has 0 radical (unpaired) electrons. The molecule has 0 heterocycles. The van der Waals surface area contributed by atoms with Gasteiger partial charge in [0.2, 0.25) is 0 Å². The molecule has 0 amide bonds. The first kappa shape index (κ1) is 31.2. The fraction of sp³-hybridized carbons (Fsp3) is 0.636. The van der Waals surface area contributed by atoms with Crippen LogP contribution in [0.2, 0.25) is 0 Å². The summed E-state index contributed by atoms with van der Waals surface area (Å²) in [6.45, 7) is 17.5. The topological polar surface area (TPSA) is 80.9 Å². The average Bonchev–Trinajstić information content (AvgIpc) is 2.85. The van der Waals surface area contributed by atoms with Gasteiger partial charge in [0.15, 0.2) is 0 Å². The van der Waals surface area contributed by atoms with Crippen LogP contribution in [0.3, 0.4) is 0 Å². The number of aliphatic hydroxyl groups is 2. The van der Waals surface area contributed by atoms with Gasteiger partial charge in [-0.05, 0) is 72.8 Å². The van der Waals surface area contributed by atoms with Crippen molar-refractivity contribution < 1.29 is 20.4 Å². The number of rotatable bonds is 14. The van der Waals surface area contributed by atoms with Gasteiger partial charge >= 0.3 is 0 Å². The second-order valence-electron chi connectivity index (χ2n) is 12.5. The van der Waals surface area contributed by atoms with Gasteiger partial charge in [0.05, 0.1) is 0 Å². The third-order valence-corrected chi connectivity index (χ3v) is 8.33. The van der Waals surface area contributed by atoms with E-state index in [1.165, 1.54) is 0 Å². The van der Waals surface area contributed by atoms with Gasteiger partial charge in [0.1, 0.15) is 11.5 Å². The summed E-state index contributed by atoms with van der Waals surface area (Å²) in [6.07, 6.45) is 5.36. The van der Waals surface area contributed by atoms with Crippen molar-refractivity contribution in [1.29, 1.82) is 0 Å². The number of benzene rings is 2. The first-order valence-corrected chi connectivity index (χ1v) is 14.3. The van der Waals surface area contributed by atoms with Gasteiger partial charge in [0, 0.05) is 41.4 Å². The number of aromatic hydroxyl groups is 2. The van der Waals surface area contributed by atoms with E-state index in [4.69, 9.17) is 0 Å². The molecule has 0 spiro atoms. The highest BCUT2D eigenvalue weighted by atomic mass is 16.3. The number of hydrogen-bond donors (Lipinski definition) is 4. The molecule has 4 heteroatoms. The molecule has 0 aliphatic heterocycles. The minimum atomic E-state index is -0.211. The molecule has 0 aromatic heterocycles. The fourth-order valence-electron chi connectivity index (χ4n) is 5.13. The van der Waals surface area contributed by atoms with Gasteiger partial charge < -0.3 is 20.4 Å². The van der Waals surface area contributed by atoms with Gasteiger partial charge in [-0.2, -0.15) is 0 Å². The summed E-state index contributed by atoms with van der Waals surface area (Å²) >= 11 is 0. The zero-order valence-electron chi connectivity index (χ0n) is 24.6. The molecule has 0 saturated heterocycles. The Morgan fingerprint density at radius 3 is 1.35 bits per heavy atom. The van der Waals surface area contributed by atoms with E-state index in [1.807, 2.05) is 0 Å². The van der Waals surface area contributed by atoms with Crippen molar-refractivity contribution in [3.05, 3.63) is 57.6 Å². The van der Waals surface area contributed by atoms with Crippen molar-refractivity contribution in [2.45, 2.75) is 117 Å². The van der Waals surface area contributed by atoms with E-state index in [9.17, 15) is 20.4 Å². The minimum Gasteiger partial charge on any atom is -0.507 e. The zero-order valence-corrected chi connectivity index (χ0v) is 24.6. The van der Waals surface area contributed by atoms with Crippen LogP contribution in [-0.4, -0.2) is 33.6 Å². The standard InChI is InChI=1S/C33H52O4/c1-9-32(5,6)28-20-23(13-11-15-34)18-26(30(28)36)25(17-22(3)4)27-19-24(14-12-16-35)21-29(31(27)37)33(7,8)10-2/h18-22,25,34-37H,9-17H2,1-8H3. The van der Waals surface area contributed by atoms with Crippen LogP contribution in [0, 0.1) is 5.92 Å². The summed E-state index contributed by atoms with van der Waals surface area (Å²) in [5.41, 5.74) is 5.37. The van der Waals surface area contributed by atoms with Crippen molar-refractivity contribution >= 4 is 0 Å². The summed E-state index contributed by atoms with van der Waals surface area (Å²) < 4.78 is 0. The highest BCUT2D eigenvalue weighted by Gasteiger charge is 2.32. The summed E-state index contributed by atoms with van der Waals surface area (Å²) in [5, 5.41) is 42.5. The quantitative estimate of drug-likeness (QED) is 0.211. The number of aliphatic hydroxyl groups excluding tert-OH is 2. The van der Waals surface area contributed by atoms with Crippen LogP contribution in [0.25, 0.3) is 0 Å². The smallest absolute Gasteiger partial charge is 0.123 e. The van der Waals surface area contributed by atoms with Crippen LogP contribution < -0.4 is 0 Å². The van der Waals surface area contributed by atoms with E-state index >= 15 is 0 Å². The number of phenols is 2. The van der Waals surface area contributed by atoms with E-state index in [-0.39, 0.29) is 30.0 Å². The second-order valence-corrected chi connectivity index (χ2v) is 12.5. The highest BCUT2D eigenvalue weighted by Crippen LogP contribution is 2.48. The molecular weight excluding hydrogens is 460 g/mol. The van der Waals surface area contributed by atoms with Gasteiger partial charge in [-0.1, -0.05) is 79.7 Å². The van der Waals surface area contributed by atoms with Crippen LogP contribution in [0.1, 0.15) is 127 Å². The van der Waals surface area contributed by atoms with Gasteiger partial charge in [-0.3, -0.25) is 0 Å². The lowest BCUT2D eigenvalue weighted by Crippen LogP contribution is -2.19. The lowest BCUT2D eigenvalue weighted by atomic mass is 9.74. The van der Waals surface area contributed by atoms with E-state index in [1.54, 1.807) is 0 Å². The van der Waals surface area contributed by atoms with Crippen LogP contribution in [0.5, 0.6) is 11.5 Å². The van der Waals surface area contributed by atoms with Gasteiger partial charge in [-0.25, -0.2) is 0 Å². The van der Waals surface area contributed by atoms with Gasteiger partial charge in [-0.15, -0.1) is 0 Å². The first-order valence-electron chi connectivity index (χ1n) is 14.3. The molecule has 2 aromatic rings. The van der Waals surface area contributed by atoms with Crippen molar-refractivity contribution in [2.24, 2.45) is 5.92 Å². The van der Waals surface area contributed by atoms with Crippen LogP contribution in [0.15, 0.2) is 24.3 Å². The molecule has 0 bridgehead atoms. The summed E-state index contributed by atoms with van der Waals surface area (Å²) in [5.74, 6) is 0.806. The largest absolute Gasteiger partial charge is 0.507 e. The molecule has 0 aliphatic rings. The molecule has 208 valence electrons. The van der Waals surface area contributed by atoms with E-state index in [0.29, 0.717) is 30.3 Å². The lowest BCUT2D eigenvalue weighted by Gasteiger charge is -2.32. The first-order chi connectivity index (χ1) is 17.3. The Balaban J connectivity index is 2.90. The van der Waals surface area contributed by atoms with E-state index in [2.05, 4.69) is 79.7 Å². The average molecular weight is 513 g/mol. The van der Waals surface area contributed by atoms with Crippen LogP contribution in [-0.2, 0) is 23.7 Å². The molecule has 0 aliphatic carbocycles. The lowest BCUT2D eigenvalue weighted by molar-refractivity contribution is 0.288. The Morgan fingerprint density at radius 1 is 0.676 bits per heavy atom. The molecular formula is C33H52O4. The second kappa shape index (κ2) is 13.2. The predicted molar refractivity (Wildman–Crippen MR) is 155 cm³/mol. The number of aryl methyl sites for hydroxylation is 2. The van der Waals surface area contributed by atoms with E-state index in [0.717, 1.165) is 65.5 Å². The Bertz CT molecular complexity index is 942. The molecule has 0 unspecified atom stereocenters.